The number of nitrogens with one attached hydrogen (secondary N) is 1. The summed E-state index contributed by atoms with van der Waals surface area (Å²) in [5.74, 6) is 1.76. The molecule has 1 saturated carbocycles. The van der Waals surface area contributed by atoms with E-state index in [-0.39, 0.29) is 0 Å². The average molecular weight is 372 g/mol. The van der Waals surface area contributed by atoms with Crippen molar-refractivity contribution in [2.75, 3.05) is 6.54 Å². The Hall–Kier alpha value is -1.08. The molecule has 0 spiro atoms. The van der Waals surface area contributed by atoms with Gasteiger partial charge in [-0.25, -0.2) is 0 Å². The zero-order valence-corrected chi connectivity index (χ0v) is 19.0. The highest BCUT2D eigenvalue weighted by Gasteiger charge is 2.20. The van der Waals surface area contributed by atoms with Gasteiger partial charge in [0, 0.05) is 6.04 Å². The quantitative estimate of drug-likeness (QED) is 0.307. The number of rotatable bonds is 14. The molecule has 0 aromatic carbocycles. The van der Waals surface area contributed by atoms with Gasteiger partial charge in [0.2, 0.25) is 0 Å². The molecule has 0 bridgehead atoms. The van der Waals surface area contributed by atoms with Crippen LogP contribution in [0.3, 0.4) is 0 Å². The molecule has 1 rings (SSSR count). The first-order valence-electron chi connectivity index (χ1n) is 11.4. The summed E-state index contributed by atoms with van der Waals surface area (Å²) in [7, 11) is 0. The summed E-state index contributed by atoms with van der Waals surface area (Å²) in [6, 6.07) is 0.544. The van der Waals surface area contributed by atoms with Crippen molar-refractivity contribution >= 4 is 0 Å². The van der Waals surface area contributed by atoms with Gasteiger partial charge in [0.1, 0.15) is 0 Å². The van der Waals surface area contributed by atoms with Crippen molar-refractivity contribution < 1.29 is 0 Å². The molecular weight excluding hydrogens is 326 g/mol. The summed E-state index contributed by atoms with van der Waals surface area (Å²) < 4.78 is 0. The summed E-state index contributed by atoms with van der Waals surface area (Å²) in [5.41, 5.74) is 4.42. The van der Waals surface area contributed by atoms with Crippen molar-refractivity contribution in [3.05, 3.63) is 47.1 Å². The van der Waals surface area contributed by atoms with E-state index < -0.39 is 0 Å². The summed E-state index contributed by atoms with van der Waals surface area (Å²) in [4.78, 5) is 0. The first-order valence-corrected chi connectivity index (χ1v) is 11.4. The molecule has 2 atom stereocenters. The zero-order valence-electron chi connectivity index (χ0n) is 19.0. The maximum Gasteiger partial charge on any atom is 0.00734 e. The van der Waals surface area contributed by atoms with E-state index in [9.17, 15) is 0 Å². The van der Waals surface area contributed by atoms with Crippen LogP contribution >= 0.6 is 0 Å². The van der Waals surface area contributed by atoms with Gasteiger partial charge in [-0.2, -0.15) is 0 Å². The molecule has 1 nitrogen and oxygen atoms in total. The predicted octanol–water partition coefficient (Wildman–Crippen LogP) is 7.77. The topological polar surface area (TPSA) is 12.0 Å². The molecule has 0 aliphatic heterocycles. The first-order chi connectivity index (χ1) is 13.0. The van der Waals surface area contributed by atoms with Gasteiger partial charge in [-0.1, -0.05) is 80.2 Å². The molecular formula is C26H45N. The van der Waals surface area contributed by atoms with Crippen LogP contribution in [0.1, 0.15) is 92.9 Å². The molecule has 0 aromatic rings. The van der Waals surface area contributed by atoms with Gasteiger partial charge in [0.15, 0.2) is 0 Å². The normalized spacial score (nSPS) is 19.0. The molecule has 0 saturated heterocycles. The smallest absolute Gasteiger partial charge is 0.00734 e. The molecule has 1 N–H and O–H groups in total. The lowest BCUT2D eigenvalue weighted by atomic mass is 9.96. The zero-order chi connectivity index (χ0) is 20.1. The van der Waals surface area contributed by atoms with Gasteiger partial charge >= 0.3 is 0 Å². The third-order valence-electron chi connectivity index (χ3n) is 5.67. The van der Waals surface area contributed by atoms with Crippen LogP contribution in [0.5, 0.6) is 0 Å². The lowest BCUT2D eigenvalue weighted by molar-refractivity contribution is 0.425. The summed E-state index contributed by atoms with van der Waals surface area (Å²) in [6.07, 6.45) is 21.9. The summed E-state index contributed by atoms with van der Waals surface area (Å²) in [6.45, 7) is 14.6. The van der Waals surface area contributed by atoms with Crippen LogP contribution in [0.25, 0.3) is 0 Å². The number of allylic oxidation sites excluding steroid dienone is 7. The molecule has 1 fully saturated rings. The Kier molecular flexibility index (Phi) is 12.4. The third-order valence-corrected chi connectivity index (χ3v) is 5.67. The lowest BCUT2D eigenvalue weighted by Gasteiger charge is -2.19. The van der Waals surface area contributed by atoms with E-state index in [4.69, 9.17) is 0 Å². The second-order valence-electron chi connectivity index (χ2n) is 8.62. The molecule has 1 heteroatoms. The molecule has 0 radical (unpaired) electrons. The number of hydrogen-bond acceptors (Lipinski definition) is 1. The first kappa shape index (κ1) is 24.0. The second kappa shape index (κ2) is 14.0. The molecule has 27 heavy (non-hydrogen) atoms. The highest BCUT2D eigenvalue weighted by atomic mass is 14.9. The minimum atomic E-state index is 0.544. The Labute approximate surface area is 170 Å². The summed E-state index contributed by atoms with van der Waals surface area (Å²) in [5, 5.41) is 3.76. The Bertz CT molecular complexity index is 516. The fourth-order valence-corrected chi connectivity index (χ4v) is 3.62. The van der Waals surface area contributed by atoms with Crippen molar-refractivity contribution in [1.29, 1.82) is 0 Å². The van der Waals surface area contributed by atoms with E-state index in [0.29, 0.717) is 6.04 Å². The highest BCUT2D eigenvalue weighted by Crippen LogP contribution is 2.34. The van der Waals surface area contributed by atoms with Gasteiger partial charge in [-0.05, 0) is 78.2 Å². The van der Waals surface area contributed by atoms with Crippen LogP contribution in [0, 0.1) is 11.8 Å². The van der Waals surface area contributed by atoms with Gasteiger partial charge in [-0.3, -0.25) is 0 Å². The fourth-order valence-electron chi connectivity index (χ4n) is 3.62. The van der Waals surface area contributed by atoms with E-state index in [1.165, 1.54) is 55.2 Å². The van der Waals surface area contributed by atoms with Crippen molar-refractivity contribution in [1.82, 2.24) is 5.32 Å². The van der Waals surface area contributed by atoms with Gasteiger partial charge in [0.05, 0.1) is 0 Å². The van der Waals surface area contributed by atoms with Crippen LogP contribution < -0.4 is 5.32 Å². The number of hydrogen-bond donors (Lipinski definition) is 1. The van der Waals surface area contributed by atoms with E-state index in [1.807, 2.05) is 0 Å². The van der Waals surface area contributed by atoms with Crippen molar-refractivity contribution in [3.8, 4) is 0 Å². The average Bonchev–Trinajstić information content (AvgIpc) is 3.45. The van der Waals surface area contributed by atoms with E-state index in [2.05, 4.69) is 77.2 Å². The van der Waals surface area contributed by atoms with Gasteiger partial charge < -0.3 is 5.32 Å². The standard InChI is InChI=1S/C26H45N/c1-7-11-21(4)18-22(5)19-25(9-3)20-27-23(6)12-10-13-24(8-2)14-15-26-16-17-26/h8,10-11,13,18,23,25-27H,7,9,12,14-17,19-20H2,1-6H3/b13-10-,21-11-,22-18+,24-8+. The maximum absolute atomic E-state index is 3.76. The Morgan fingerprint density at radius 2 is 1.93 bits per heavy atom. The van der Waals surface area contributed by atoms with Crippen LogP contribution in [-0.4, -0.2) is 12.6 Å². The molecule has 0 amide bonds. The molecule has 154 valence electrons. The van der Waals surface area contributed by atoms with Crippen LogP contribution in [-0.2, 0) is 0 Å². The third kappa shape index (κ3) is 12.1. The minimum absolute atomic E-state index is 0.544. The fraction of sp³-hybridized carbons (Fsp3) is 0.692. The molecule has 0 heterocycles. The van der Waals surface area contributed by atoms with Gasteiger partial charge in [-0.15, -0.1) is 0 Å². The predicted molar refractivity (Wildman–Crippen MR) is 123 cm³/mol. The van der Waals surface area contributed by atoms with E-state index in [0.717, 1.165) is 31.2 Å². The van der Waals surface area contributed by atoms with E-state index in [1.54, 1.807) is 0 Å². The molecule has 1 aliphatic carbocycles. The molecule has 0 aromatic heterocycles. The van der Waals surface area contributed by atoms with Gasteiger partial charge in [0.25, 0.3) is 0 Å². The van der Waals surface area contributed by atoms with Crippen molar-refractivity contribution in [2.24, 2.45) is 11.8 Å². The highest BCUT2D eigenvalue weighted by molar-refractivity contribution is 5.21. The Morgan fingerprint density at radius 1 is 1.19 bits per heavy atom. The monoisotopic (exact) mass is 371 g/mol. The Balaban J connectivity index is 2.32. The van der Waals surface area contributed by atoms with Crippen LogP contribution in [0.4, 0.5) is 0 Å². The largest absolute Gasteiger partial charge is 0.314 e. The van der Waals surface area contributed by atoms with Crippen LogP contribution in [0.2, 0.25) is 0 Å². The van der Waals surface area contributed by atoms with Crippen molar-refractivity contribution in [3.63, 3.8) is 0 Å². The Morgan fingerprint density at radius 3 is 2.52 bits per heavy atom. The maximum atomic E-state index is 3.76. The van der Waals surface area contributed by atoms with Crippen LogP contribution in [0.15, 0.2) is 47.1 Å². The molecule has 1 aliphatic rings. The lowest BCUT2D eigenvalue weighted by Crippen LogP contribution is -2.30. The summed E-state index contributed by atoms with van der Waals surface area (Å²) >= 11 is 0. The van der Waals surface area contributed by atoms with Crippen molar-refractivity contribution in [2.45, 2.75) is 99.0 Å². The van der Waals surface area contributed by atoms with E-state index >= 15 is 0 Å². The second-order valence-corrected chi connectivity index (χ2v) is 8.62. The molecule has 2 unspecified atom stereocenters. The SMILES string of the molecule is C/C=C(\C=C/CC(C)NCC(CC)C/C(C)=C/C(C)=C\CC)CCC1CC1. The minimum Gasteiger partial charge on any atom is -0.314 e.